The topological polar surface area (TPSA) is 156 Å². The van der Waals surface area contributed by atoms with Crippen LogP contribution in [0.4, 0.5) is 5.69 Å². The molecule has 0 bridgehead atoms. The zero-order valence-corrected chi connectivity index (χ0v) is 13.6. The third kappa shape index (κ3) is 5.28. The SMILES string of the molecule is CCNC(=O)CC[C@H](NS(=O)(=O)c1ccccc1[N+](=O)[O-])C(=O)O. The largest absolute Gasteiger partial charge is 0.480 e. The highest BCUT2D eigenvalue weighted by Crippen LogP contribution is 2.23. The molecular formula is C13H17N3O7S. The molecule has 3 N–H and O–H groups in total. The van der Waals surface area contributed by atoms with Crippen LogP contribution in [0.3, 0.4) is 0 Å². The number of sulfonamides is 1. The van der Waals surface area contributed by atoms with Crippen molar-refractivity contribution >= 4 is 27.6 Å². The van der Waals surface area contributed by atoms with Crippen LogP contribution in [0.5, 0.6) is 0 Å². The van der Waals surface area contributed by atoms with E-state index in [9.17, 15) is 28.1 Å². The van der Waals surface area contributed by atoms with Crippen LogP contribution in [0.2, 0.25) is 0 Å². The first-order chi connectivity index (χ1) is 11.2. The average Bonchev–Trinajstić information content (AvgIpc) is 2.51. The number of nitrogens with zero attached hydrogens (tertiary/aromatic N) is 1. The van der Waals surface area contributed by atoms with Crippen molar-refractivity contribution in [2.24, 2.45) is 0 Å². The van der Waals surface area contributed by atoms with Gasteiger partial charge >= 0.3 is 5.97 Å². The van der Waals surface area contributed by atoms with Crippen molar-refractivity contribution in [2.75, 3.05) is 6.54 Å². The van der Waals surface area contributed by atoms with Gasteiger partial charge in [0, 0.05) is 19.0 Å². The minimum atomic E-state index is -4.44. The zero-order chi connectivity index (χ0) is 18.3. The fraction of sp³-hybridized carbons (Fsp3) is 0.385. The van der Waals surface area contributed by atoms with Gasteiger partial charge in [0.05, 0.1) is 4.92 Å². The Morgan fingerprint density at radius 1 is 1.33 bits per heavy atom. The number of rotatable bonds is 9. The van der Waals surface area contributed by atoms with Gasteiger partial charge in [-0.25, -0.2) is 8.42 Å². The maximum atomic E-state index is 12.3. The van der Waals surface area contributed by atoms with Gasteiger partial charge in [0.1, 0.15) is 6.04 Å². The summed E-state index contributed by atoms with van der Waals surface area (Å²) in [5.74, 6) is -1.91. The molecule has 0 aliphatic heterocycles. The summed E-state index contributed by atoms with van der Waals surface area (Å²) >= 11 is 0. The molecule has 1 amide bonds. The Balaban J connectivity index is 2.99. The number of carboxylic acid groups (broad SMARTS) is 1. The summed E-state index contributed by atoms with van der Waals surface area (Å²) < 4.78 is 26.4. The first kappa shape index (κ1) is 19.5. The fourth-order valence-electron chi connectivity index (χ4n) is 1.88. The highest BCUT2D eigenvalue weighted by atomic mass is 32.2. The van der Waals surface area contributed by atoms with Gasteiger partial charge in [-0.2, -0.15) is 4.72 Å². The Bertz CT molecular complexity index is 733. The van der Waals surface area contributed by atoms with Gasteiger partial charge in [0.25, 0.3) is 5.69 Å². The van der Waals surface area contributed by atoms with Gasteiger partial charge in [-0.05, 0) is 19.4 Å². The number of carboxylic acids is 1. The number of nitrogens with one attached hydrogen (secondary N) is 2. The standard InChI is InChI=1S/C13H17N3O7S/c1-2-14-12(17)8-7-9(13(18)19)15-24(22,23)11-6-4-3-5-10(11)16(20)21/h3-6,9,15H,2,7-8H2,1H3,(H,14,17)(H,18,19)/t9-/m0/s1. The van der Waals surface area contributed by atoms with Crippen molar-refractivity contribution < 1.29 is 28.0 Å². The monoisotopic (exact) mass is 359 g/mol. The lowest BCUT2D eigenvalue weighted by molar-refractivity contribution is -0.387. The molecule has 1 aromatic carbocycles. The number of nitro benzene ring substituents is 1. The van der Waals surface area contributed by atoms with Crippen molar-refractivity contribution in [3.63, 3.8) is 0 Å². The van der Waals surface area contributed by atoms with Crippen molar-refractivity contribution in [3.8, 4) is 0 Å². The summed E-state index contributed by atoms with van der Waals surface area (Å²) in [6.07, 6.45) is -0.495. The normalized spacial score (nSPS) is 12.4. The average molecular weight is 359 g/mol. The van der Waals surface area contributed by atoms with E-state index in [0.29, 0.717) is 6.54 Å². The molecule has 0 fully saturated rings. The van der Waals surface area contributed by atoms with E-state index in [1.54, 1.807) is 6.92 Å². The minimum absolute atomic E-state index is 0.204. The molecule has 0 heterocycles. The summed E-state index contributed by atoms with van der Waals surface area (Å²) in [5.41, 5.74) is -0.669. The number of para-hydroxylation sites is 1. The fourth-order valence-corrected chi connectivity index (χ4v) is 3.28. The van der Waals surface area contributed by atoms with Crippen molar-refractivity contribution in [3.05, 3.63) is 34.4 Å². The number of aliphatic carboxylic acids is 1. The van der Waals surface area contributed by atoms with Crippen molar-refractivity contribution in [1.29, 1.82) is 0 Å². The van der Waals surface area contributed by atoms with Crippen LogP contribution in [0.15, 0.2) is 29.2 Å². The molecule has 0 saturated carbocycles. The molecule has 1 rings (SSSR count). The molecular weight excluding hydrogens is 342 g/mol. The van der Waals surface area contributed by atoms with E-state index in [1.807, 2.05) is 4.72 Å². The third-order valence-corrected chi connectivity index (χ3v) is 4.50. The molecule has 0 aliphatic rings. The molecule has 1 aromatic rings. The van der Waals surface area contributed by atoms with Crippen LogP contribution < -0.4 is 10.0 Å². The lowest BCUT2D eigenvalue weighted by Crippen LogP contribution is -2.41. The van der Waals surface area contributed by atoms with E-state index in [1.165, 1.54) is 12.1 Å². The lowest BCUT2D eigenvalue weighted by Gasteiger charge is -2.14. The van der Waals surface area contributed by atoms with Crippen LogP contribution in [-0.4, -0.2) is 42.9 Å². The Labute approximate surface area is 138 Å². The van der Waals surface area contributed by atoms with E-state index in [2.05, 4.69) is 5.32 Å². The summed E-state index contributed by atoms with van der Waals surface area (Å²) in [5, 5.41) is 22.5. The van der Waals surface area contributed by atoms with Crippen LogP contribution >= 0.6 is 0 Å². The third-order valence-electron chi connectivity index (χ3n) is 2.98. The second-order valence-electron chi connectivity index (χ2n) is 4.73. The Kier molecular flexibility index (Phi) is 6.80. The summed E-state index contributed by atoms with van der Waals surface area (Å²) in [6, 6.07) is 2.99. The highest BCUT2D eigenvalue weighted by Gasteiger charge is 2.30. The first-order valence-electron chi connectivity index (χ1n) is 6.94. The molecule has 132 valence electrons. The zero-order valence-electron chi connectivity index (χ0n) is 12.8. The van der Waals surface area contributed by atoms with Crippen LogP contribution in [-0.2, 0) is 19.6 Å². The number of benzene rings is 1. The molecule has 11 heteroatoms. The van der Waals surface area contributed by atoms with Crippen LogP contribution in [0, 0.1) is 10.1 Å². The molecule has 0 aliphatic carbocycles. The van der Waals surface area contributed by atoms with Gasteiger partial charge in [-0.3, -0.25) is 19.7 Å². The first-order valence-corrected chi connectivity index (χ1v) is 8.42. The Morgan fingerprint density at radius 2 is 1.96 bits per heavy atom. The van der Waals surface area contributed by atoms with Crippen LogP contribution in [0.25, 0.3) is 0 Å². The number of nitro groups is 1. The number of carbonyl (C=O) groups is 2. The molecule has 0 spiro atoms. The second kappa shape index (κ2) is 8.36. The molecule has 0 saturated heterocycles. The maximum Gasteiger partial charge on any atom is 0.321 e. The van der Waals surface area contributed by atoms with E-state index in [0.717, 1.165) is 12.1 Å². The quantitative estimate of drug-likeness (QED) is 0.421. The van der Waals surface area contributed by atoms with Crippen LogP contribution in [0.1, 0.15) is 19.8 Å². The van der Waals surface area contributed by atoms with E-state index < -0.39 is 43.4 Å². The summed E-state index contributed by atoms with van der Waals surface area (Å²) in [6.45, 7) is 2.04. The predicted octanol–water partition coefficient (Wildman–Crippen LogP) is 0.243. The minimum Gasteiger partial charge on any atom is -0.480 e. The molecule has 10 nitrogen and oxygen atoms in total. The highest BCUT2D eigenvalue weighted by molar-refractivity contribution is 7.89. The predicted molar refractivity (Wildman–Crippen MR) is 82.8 cm³/mol. The molecule has 0 unspecified atom stereocenters. The number of hydrogen-bond donors (Lipinski definition) is 3. The number of amides is 1. The molecule has 0 aromatic heterocycles. The molecule has 24 heavy (non-hydrogen) atoms. The van der Waals surface area contributed by atoms with Gasteiger partial charge in [0.15, 0.2) is 4.90 Å². The van der Waals surface area contributed by atoms with E-state index >= 15 is 0 Å². The van der Waals surface area contributed by atoms with Gasteiger partial charge in [-0.1, -0.05) is 12.1 Å². The molecule has 0 radical (unpaired) electrons. The van der Waals surface area contributed by atoms with Gasteiger partial charge in [-0.15, -0.1) is 0 Å². The van der Waals surface area contributed by atoms with Crippen molar-refractivity contribution in [1.82, 2.24) is 10.0 Å². The Morgan fingerprint density at radius 3 is 2.50 bits per heavy atom. The van der Waals surface area contributed by atoms with Crippen molar-refractivity contribution in [2.45, 2.75) is 30.7 Å². The number of hydrogen-bond acceptors (Lipinski definition) is 6. The number of carbonyl (C=O) groups excluding carboxylic acids is 1. The Hall–Kier alpha value is -2.53. The van der Waals surface area contributed by atoms with E-state index in [4.69, 9.17) is 5.11 Å². The van der Waals surface area contributed by atoms with Gasteiger partial charge < -0.3 is 10.4 Å². The smallest absolute Gasteiger partial charge is 0.321 e. The second-order valence-corrected chi connectivity index (χ2v) is 6.41. The summed E-state index contributed by atoms with van der Waals surface area (Å²) in [4.78, 5) is 32.0. The molecule has 1 atom stereocenters. The van der Waals surface area contributed by atoms with Gasteiger partial charge in [0.2, 0.25) is 15.9 Å². The maximum absolute atomic E-state index is 12.3. The lowest BCUT2D eigenvalue weighted by atomic mass is 10.1. The van der Waals surface area contributed by atoms with E-state index in [-0.39, 0.29) is 12.8 Å². The summed E-state index contributed by atoms with van der Waals surface area (Å²) in [7, 11) is -4.44.